The van der Waals surface area contributed by atoms with Crippen LogP contribution < -0.4 is 60.6 Å². The van der Waals surface area contributed by atoms with Gasteiger partial charge in [0.25, 0.3) is 41.8 Å². The van der Waals surface area contributed by atoms with Crippen LogP contribution in [0.3, 0.4) is 0 Å². The number of hydrogen-bond donors (Lipinski definition) is 4. The fraction of sp³-hybridized carbons (Fsp3) is 0.306. The third kappa shape index (κ3) is 14.4. The van der Waals surface area contributed by atoms with Gasteiger partial charge in [-0.1, -0.05) is 27.0 Å². The number of rotatable bonds is 14. The molecule has 0 spiro atoms. The predicted octanol–water partition coefficient (Wildman–Crippen LogP) is 5.70. The first-order valence-electron chi connectivity index (χ1n) is 23.6. The fourth-order valence-electron chi connectivity index (χ4n) is 7.42. The minimum Gasteiger partial charge on any atom is -1.00 e. The Balaban J connectivity index is 0.000000334. The summed E-state index contributed by atoms with van der Waals surface area (Å²) in [5.74, 6) is 3.01. The van der Waals surface area contributed by atoms with E-state index in [9.17, 15) is 30.8 Å². The number of halogens is 2. The van der Waals surface area contributed by atoms with E-state index in [4.69, 9.17) is 40.4 Å². The molecule has 22 nitrogen and oxygen atoms in total. The molecular formula is C49H55ClFN14NaO8S2. The molecule has 6 aromatic heterocycles. The predicted molar refractivity (Wildman–Crippen MR) is 285 cm³/mol. The summed E-state index contributed by atoms with van der Waals surface area (Å²) in [4.78, 5) is 54.0. The van der Waals surface area contributed by atoms with Crippen molar-refractivity contribution in [3.63, 3.8) is 0 Å². The van der Waals surface area contributed by atoms with Crippen molar-refractivity contribution < 1.29 is 63.1 Å². The molecule has 8 aromatic rings. The Morgan fingerprint density at radius 1 is 0.750 bits per heavy atom. The standard InChI is InChI=1S/C24H25N7O4S.C17H19ClN4O4S.C7H7N3.CH3F.Na.H/c1-6-8-20-27-15(4)21-24(32)28-23(29-31(20)21)18-12-17(9-10-19(18)35-7-2)36(33,34)30-16-11-14(3)22(25-5)26-13-16;1-4-6-14-19-10(3)15-17(23)20-16(21-22(14)15)12-9-11(27(18,24)25)7-8-13(12)26-5-2;1-5-3-6(8)4-10-7(5)9-2;1-2;;/h9-13,30H,6-8H2,1-4H3,(H,28,29,32);7-9H,4-6H2,1-3H3,(H,20,21,23);3-4H,8H2,1H3;1H3;;/q;;;;+1;-1/i;;;1D;;. The number of nitrogens with one attached hydrogen (secondary N) is 3. The number of ether oxygens (including phenoxy) is 2. The van der Waals surface area contributed by atoms with Crippen LogP contribution in [0, 0.1) is 40.8 Å². The van der Waals surface area contributed by atoms with Crippen molar-refractivity contribution in [2.75, 3.05) is 30.8 Å². The third-order valence-electron chi connectivity index (χ3n) is 10.6. The van der Waals surface area contributed by atoms with E-state index in [1.165, 1.54) is 63.9 Å². The minimum absolute atomic E-state index is 0. The van der Waals surface area contributed by atoms with E-state index in [0.717, 1.165) is 18.4 Å². The number of H-pyrrole nitrogens is 2. The van der Waals surface area contributed by atoms with Gasteiger partial charge >= 0.3 is 29.6 Å². The van der Waals surface area contributed by atoms with Crippen LogP contribution in [0.1, 0.15) is 77.5 Å². The number of pyridine rings is 2. The number of alkyl halides is 1. The Labute approximate surface area is 467 Å². The minimum atomic E-state index is -4.04. The zero-order chi connectivity index (χ0) is 56.1. The van der Waals surface area contributed by atoms with Gasteiger partial charge in [0.05, 0.1) is 65.4 Å². The Kier molecular flexibility index (Phi) is 21.2. The number of imidazole rings is 2. The number of nitrogens with two attached hydrogens (primary N) is 1. The van der Waals surface area contributed by atoms with E-state index in [-0.39, 0.29) is 75.0 Å². The van der Waals surface area contributed by atoms with E-state index in [2.05, 4.69) is 54.5 Å². The molecule has 0 aliphatic carbocycles. The molecule has 27 heteroatoms. The summed E-state index contributed by atoms with van der Waals surface area (Å²) in [6.07, 6.45) is 5.71. The van der Waals surface area contributed by atoms with Crippen molar-refractivity contribution in [2.24, 2.45) is 0 Å². The number of benzene rings is 2. The maximum atomic E-state index is 13.2. The van der Waals surface area contributed by atoms with E-state index in [1.54, 1.807) is 40.7 Å². The summed E-state index contributed by atoms with van der Waals surface area (Å²) in [5.41, 5.74) is 9.36. The molecule has 0 unspecified atom stereocenters. The monoisotopic (exact) mass is 1110 g/mol. The Bertz CT molecular complexity index is 3870. The SMILES string of the molecule is CCCc1nc(C)c2c(=O)[nH]c(-c3cc(S(=O)(=O)Cl)ccc3OCC)nn12.[2H]CF.[C-]#[N+]c1ncc(N)cc1C.[C-]#[N+]c1ncc(NS(=O)(=O)c2ccc(OCC)c(-c3nn4c(CCC)nc(C)c4c(=O)[nH]3)c2)cc1C.[H-].[Na+]. The molecule has 8 rings (SSSR count). The second kappa shape index (κ2) is 27.0. The summed E-state index contributed by atoms with van der Waals surface area (Å²) in [7, 11) is -3.52. The maximum absolute atomic E-state index is 13.2. The normalized spacial score (nSPS) is 11.0. The molecule has 5 N–H and O–H groups in total. The molecule has 0 radical (unpaired) electrons. The quantitative estimate of drug-likeness (QED) is 0.0578. The van der Waals surface area contributed by atoms with Crippen molar-refractivity contribution in [3.05, 3.63) is 139 Å². The molecule has 0 aliphatic rings. The number of fused-ring (bicyclic) bond motifs is 2. The Morgan fingerprint density at radius 2 is 1.18 bits per heavy atom. The van der Waals surface area contributed by atoms with Gasteiger partial charge in [-0.15, -0.1) is 20.2 Å². The van der Waals surface area contributed by atoms with Crippen molar-refractivity contribution in [1.29, 1.82) is 0 Å². The Morgan fingerprint density at radius 3 is 1.59 bits per heavy atom. The second-order valence-electron chi connectivity index (χ2n) is 16.1. The molecule has 0 saturated heterocycles. The topological polar surface area (TPSA) is 285 Å². The maximum Gasteiger partial charge on any atom is 1.00 e. The van der Waals surface area contributed by atoms with Gasteiger partial charge in [0.15, 0.2) is 22.7 Å². The Hall–Kier alpha value is -7.26. The summed E-state index contributed by atoms with van der Waals surface area (Å²) in [6.45, 7) is 29.1. The molecule has 76 heavy (non-hydrogen) atoms. The summed E-state index contributed by atoms with van der Waals surface area (Å²) < 4.78 is 82.1. The second-order valence-corrected chi connectivity index (χ2v) is 20.3. The molecule has 6 heterocycles. The first-order valence-corrected chi connectivity index (χ1v) is 26.7. The van der Waals surface area contributed by atoms with Gasteiger partial charge in [0, 0.05) is 23.5 Å². The summed E-state index contributed by atoms with van der Waals surface area (Å²) in [5, 5.41) is 9.08. The van der Waals surface area contributed by atoms with E-state index < -0.39 is 26.2 Å². The van der Waals surface area contributed by atoms with Crippen molar-refractivity contribution in [2.45, 2.75) is 90.9 Å². The van der Waals surface area contributed by atoms with Crippen LogP contribution >= 0.6 is 10.7 Å². The van der Waals surface area contributed by atoms with E-state index in [0.29, 0.717) is 99.8 Å². The molecule has 396 valence electrons. The average molecular weight is 1110 g/mol. The van der Waals surface area contributed by atoms with Crippen molar-refractivity contribution >= 4 is 63.8 Å². The van der Waals surface area contributed by atoms with Gasteiger partial charge in [0.2, 0.25) is 0 Å². The zero-order valence-electron chi connectivity index (χ0n) is 45.1. The summed E-state index contributed by atoms with van der Waals surface area (Å²) >= 11 is 0. The first kappa shape index (κ1) is 59.6. The van der Waals surface area contributed by atoms with Crippen molar-refractivity contribution in [1.82, 2.24) is 49.1 Å². The van der Waals surface area contributed by atoms with Gasteiger partial charge in [-0.2, -0.15) is 0 Å². The van der Waals surface area contributed by atoms with Gasteiger partial charge < -0.3 is 36.3 Å². The fourth-order valence-corrected chi connectivity index (χ4v) is 9.25. The van der Waals surface area contributed by atoms with Crippen LogP contribution in [-0.4, -0.2) is 86.3 Å². The number of aromatic amines is 2. The van der Waals surface area contributed by atoms with Crippen LogP contribution in [-0.2, 0) is 31.9 Å². The number of nitrogen functional groups attached to an aromatic ring is 1. The molecule has 0 aliphatic heterocycles. The van der Waals surface area contributed by atoms with E-state index >= 15 is 0 Å². The zero-order valence-corrected chi connectivity index (χ0v) is 47.5. The van der Waals surface area contributed by atoms with Gasteiger partial charge in [0.1, 0.15) is 35.5 Å². The molecule has 0 saturated carbocycles. The van der Waals surface area contributed by atoms with Crippen LogP contribution in [0.5, 0.6) is 11.5 Å². The largest absolute Gasteiger partial charge is 1.00 e. The number of hydrogen-bond acceptors (Lipinski definition) is 15. The van der Waals surface area contributed by atoms with Crippen LogP contribution in [0.15, 0.2) is 80.3 Å². The van der Waals surface area contributed by atoms with Crippen LogP contribution in [0.4, 0.5) is 27.4 Å². The number of anilines is 2. The smallest absolute Gasteiger partial charge is 1.00 e. The molecule has 0 bridgehead atoms. The third-order valence-corrected chi connectivity index (χ3v) is 13.4. The van der Waals surface area contributed by atoms with Gasteiger partial charge in [-0.25, -0.2) is 35.8 Å². The summed E-state index contributed by atoms with van der Waals surface area (Å²) in [6, 6.07) is 11.8. The van der Waals surface area contributed by atoms with Gasteiger partial charge in [-0.3, -0.25) is 18.7 Å². The molecule has 0 amide bonds. The molecule has 0 fully saturated rings. The van der Waals surface area contributed by atoms with Crippen LogP contribution in [0.25, 0.3) is 43.5 Å². The van der Waals surface area contributed by atoms with Crippen molar-refractivity contribution in [3.8, 4) is 34.3 Å². The molecule has 0 atom stereocenters. The number of aryl methyl sites for hydroxylation is 6. The average Bonchev–Trinajstić information content (AvgIpc) is 3.89. The van der Waals surface area contributed by atoms with Crippen LogP contribution in [0.2, 0.25) is 0 Å². The molecule has 2 aromatic carbocycles. The van der Waals surface area contributed by atoms with E-state index in [1.807, 2.05) is 20.8 Å². The first-order chi connectivity index (χ1) is 36.1. The van der Waals surface area contributed by atoms with Gasteiger partial charge in [-0.05, 0) is 114 Å². The number of sulfonamides is 1. The number of nitrogens with zero attached hydrogens (tertiary/aromatic N) is 10. The number of aromatic nitrogens is 10. The molecular weight excluding hydrogens is 1050 g/mol.